The van der Waals surface area contributed by atoms with Gasteiger partial charge >= 0.3 is 0 Å². The van der Waals surface area contributed by atoms with Gasteiger partial charge in [-0.15, -0.1) is 0 Å². The molecule has 0 fully saturated rings. The van der Waals surface area contributed by atoms with E-state index in [1.807, 2.05) is 85.2 Å². The molecule has 118 valence electrons. The van der Waals surface area contributed by atoms with Crippen LogP contribution in [-0.2, 0) is 0 Å². The van der Waals surface area contributed by atoms with E-state index in [0.29, 0.717) is 0 Å². The standard InChI is InChI=1S/C20H14Br2N2/c21-17-5-9-19(10-6-17)23-13-15-1-2-16(4-3-15)14-24-20-11-7-18(22)8-12-20/h1-14H. The van der Waals surface area contributed by atoms with Gasteiger partial charge in [0.2, 0.25) is 0 Å². The van der Waals surface area contributed by atoms with E-state index in [4.69, 9.17) is 0 Å². The summed E-state index contributed by atoms with van der Waals surface area (Å²) in [4.78, 5) is 8.93. The maximum atomic E-state index is 4.47. The first-order valence-electron chi connectivity index (χ1n) is 7.38. The summed E-state index contributed by atoms with van der Waals surface area (Å²) in [5, 5.41) is 0. The van der Waals surface area contributed by atoms with E-state index in [1.165, 1.54) is 0 Å². The van der Waals surface area contributed by atoms with Crippen molar-refractivity contribution in [1.82, 2.24) is 0 Å². The van der Waals surface area contributed by atoms with E-state index in [1.54, 1.807) is 0 Å². The Kier molecular flexibility index (Phi) is 5.72. The van der Waals surface area contributed by atoms with Gasteiger partial charge in [-0.1, -0.05) is 56.1 Å². The fourth-order valence-electron chi connectivity index (χ4n) is 2.02. The molecule has 0 N–H and O–H groups in total. The lowest BCUT2D eigenvalue weighted by atomic mass is 10.1. The van der Waals surface area contributed by atoms with Crippen LogP contribution in [0.5, 0.6) is 0 Å². The molecule has 0 amide bonds. The van der Waals surface area contributed by atoms with Crippen LogP contribution in [0, 0.1) is 0 Å². The molecule has 2 nitrogen and oxygen atoms in total. The third-order valence-electron chi connectivity index (χ3n) is 3.32. The van der Waals surface area contributed by atoms with Crippen LogP contribution in [0.4, 0.5) is 11.4 Å². The summed E-state index contributed by atoms with van der Waals surface area (Å²) in [5.74, 6) is 0. The van der Waals surface area contributed by atoms with Crippen LogP contribution < -0.4 is 0 Å². The second kappa shape index (κ2) is 8.18. The normalized spacial score (nSPS) is 11.4. The van der Waals surface area contributed by atoms with E-state index in [9.17, 15) is 0 Å². The molecule has 3 aromatic rings. The van der Waals surface area contributed by atoms with Gasteiger partial charge in [0.05, 0.1) is 11.4 Å². The predicted molar refractivity (Wildman–Crippen MR) is 109 cm³/mol. The number of hydrogen-bond donors (Lipinski definition) is 0. The van der Waals surface area contributed by atoms with E-state index in [2.05, 4.69) is 41.8 Å². The Bertz CT molecular complexity index is 775. The number of hydrogen-bond acceptors (Lipinski definition) is 2. The first kappa shape index (κ1) is 16.8. The Balaban J connectivity index is 1.66. The summed E-state index contributed by atoms with van der Waals surface area (Å²) < 4.78 is 2.10. The largest absolute Gasteiger partial charge is 0.256 e. The number of rotatable bonds is 4. The van der Waals surface area contributed by atoms with Crippen molar-refractivity contribution < 1.29 is 0 Å². The third-order valence-corrected chi connectivity index (χ3v) is 4.37. The molecule has 3 rings (SSSR count). The lowest BCUT2D eigenvalue weighted by Gasteiger charge is -1.97. The molecular weight excluding hydrogens is 428 g/mol. The zero-order chi connectivity index (χ0) is 16.8. The zero-order valence-electron chi connectivity index (χ0n) is 12.7. The monoisotopic (exact) mass is 440 g/mol. The van der Waals surface area contributed by atoms with Crippen LogP contribution in [-0.4, -0.2) is 12.4 Å². The van der Waals surface area contributed by atoms with Gasteiger partial charge < -0.3 is 0 Å². The number of halogens is 2. The van der Waals surface area contributed by atoms with E-state index >= 15 is 0 Å². The highest BCUT2D eigenvalue weighted by atomic mass is 79.9. The predicted octanol–water partition coefficient (Wildman–Crippen LogP) is 6.71. The van der Waals surface area contributed by atoms with Gasteiger partial charge in [-0.2, -0.15) is 0 Å². The van der Waals surface area contributed by atoms with Gasteiger partial charge in [-0.25, -0.2) is 0 Å². The molecule has 0 bridgehead atoms. The van der Waals surface area contributed by atoms with E-state index < -0.39 is 0 Å². The number of aliphatic imine (C=N–C) groups is 2. The van der Waals surface area contributed by atoms with Crippen molar-refractivity contribution >= 4 is 55.7 Å². The molecule has 0 atom stereocenters. The van der Waals surface area contributed by atoms with Crippen LogP contribution in [0.3, 0.4) is 0 Å². The van der Waals surface area contributed by atoms with Crippen molar-refractivity contribution in [2.75, 3.05) is 0 Å². The highest BCUT2D eigenvalue weighted by Gasteiger charge is 1.93. The lowest BCUT2D eigenvalue weighted by Crippen LogP contribution is -1.84. The molecule has 0 heterocycles. The molecule has 0 unspecified atom stereocenters. The highest BCUT2D eigenvalue weighted by molar-refractivity contribution is 9.10. The molecule has 0 aliphatic carbocycles. The molecule has 0 saturated carbocycles. The highest BCUT2D eigenvalue weighted by Crippen LogP contribution is 2.18. The summed E-state index contributed by atoms with van der Waals surface area (Å²) >= 11 is 6.84. The van der Waals surface area contributed by atoms with Gasteiger partial charge in [0.15, 0.2) is 0 Å². The molecule has 24 heavy (non-hydrogen) atoms. The fourth-order valence-corrected chi connectivity index (χ4v) is 2.55. The first-order valence-corrected chi connectivity index (χ1v) is 8.97. The van der Waals surface area contributed by atoms with Crippen LogP contribution in [0.25, 0.3) is 0 Å². The smallest absolute Gasteiger partial charge is 0.0630 e. The van der Waals surface area contributed by atoms with Crippen molar-refractivity contribution in [1.29, 1.82) is 0 Å². The number of benzene rings is 3. The minimum Gasteiger partial charge on any atom is -0.256 e. The van der Waals surface area contributed by atoms with Crippen LogP contribution in [0.1, 0.15) is 11.1 Å². The third kappa shape index (κ3) is 4.98. The van der Waals surface area contributed by atoms with Crippen LogP contribution in [0.15, 0.2) is 91.7 Å². The average Bonchev–Trinajstić information content (AvgIpc) is 2.62. The second-order valence-corrected chi connectivity index (χ2v) is 6.97. The quantitative estimate of drug-likeness (QED) is 0.402. The van der Waals surface area contributed by atoms with Crippen molar-refractivity contribution in [3.05, 3.63) is 92.9 Å². The average molecular weight is 442 g/mol. The van der Waals surface area contributed by atoms with Crippen molar-refractivity contribution in [2.24, 2.45) is 9.98 Å². The lowest BCUT2D eigenvalue weighted by molar-refractivity contribution is 1.50. The van der Waals surface area contributed by atoms with Gasteiger partial charge in [0, 0.05) is 21.4 Å². The van der Waals surface area contributed by atoms with Crippen LogP contribution in [0.2, 0.25) is 0 Å². The Hall–Kier alpha value is -2.04. The maximum absolute atomic E-state index is 4.47. The minimum absolute atomic E-state index is 0.930. The topological polar surface area (TPSA) is 24.7 Å². The molecule has 0 aliphatic heterocycles. The summed E-state index contributed by atoms with van der Waals surface area (Å²) in [6, 6.07) is 23.9. The Morgan fingerprint density at radius 2 is 0.833 bits per heavy atom. The maximum Gasteiger partial charge on any atom is 0.0630 e. The van der Waals surface area contributed by atoms with Crippen molar-refractivity contribution in [2.45, 2.75) is 0 Å². The fraction of sp³-hybridized carbons (Fsp3) is 0. The molecular formula is C20H14Br2N2. The van der Waals surface area contributed by atoms with Crippen molar-refractivity contribution in [3.63, 3.8) is 0 Å². The number of nitrogens with zero attached hydrogens (tertiary/aromatic N) is 2. The van der Waals surface area contributed by atoms with Gasteiger partial charge in [0.25, 0.3) is 0 Å². The Morgan fingerprint density at radius 1 is 0.500 bits per heavy atom. The summed E-state index contributed by atoms with van der Waals surface area (Å²) in [7, 11) is 0. The zero-order valence-corrected chi connectivity index (χ0v) is 15.9. The minimum atomic E-state index is 0.930. The SMILES string of the molecule is Brc1ccc(N=Cc2ccc(C=Nc3ccc(Br)cc3)cc2)cc1. The molecule has 0 aromatic heterocycles. The Morgan fingerprint density at radius 3 is 1.17 bits per heavy atom. The second-order valence-electron chi connectivity index (χ2n) is 5.14. The van der Waals surface area contributed by atoms with Gasteiger partial charge in [-0.05, 0) is 59.7 Å². The molecule has 0 aliphatic rings. The molecule has 0 saturated heterocycles. The molecule has 4 heteroatoms. The van der Waals surface area contributed by atoms with E-state index in [-0.39, 0.29) is 0 Å². The first-order chi connectivity index (χ1) is 11.7. The van der Waals surface area contributed by atoms with Gasteiger partial charge in [-0.3, -0.25) is 9.98 Å². The van der Waals surface area contributed by atoms with Gasteiger partial charge in [0.1, 0.15) is 0 Å². The molecule has 0 radical (unpaired) electrons. The summed E-state index contributed by atoms with van der Waals surface area (Å²) in [6.07, 6.45) is 3.72. The van der Waals surface area contributed by atoms with Crippen LogP contribution >= 0.6 is 31.9 Å². The van der Waals surface area contributed by atoms with E-state index in [0.717, 1.165) is 31.4 Å². The van der Waals surface area contributed by atoms with Crippen molar-refractivity contribution in [3.8, 4) is 0 Å². The Labute approximate surface area is 158 Å². The molecule has 0 spiro atoms. The molecule has 3 aromatic carbocycles. The summed E-state index contributed by atoms with van der Waals surface area (Å²) in [6.45, 7) is 0. The summed E-state index contributed by atoms with van der Waals surface area (Å²) in [5.41, 5.74) is 3.97.